The van der Waals surface area contributed by atoms with Crippen LogP contribution >= 0.6 is 0 Å². The zero-order valence-electron chi connectivity index (χ0n) is 21.0. The Hall–Kier alpha value is -4.71. The highest BCUT2D eigenvalue weighted by Crippen LogP contribution is 2.40. The van der Waals surface area contributed by atoms with Gasteiger partial charge in [-0.15, -0.1) is 0 Å². The van der Waals surface area contributed by atoms with Crippen molar-refractivity contribution in [2.24, 2.45) is 0 Å². The normalized spacial score (nSPS) is 15.7. The van der Waals surface area contributed by atoms with E-state index in [1.807, 2.05) is 37.3 Å². The van der Waals surface area contributed by atoms with Gasteiger partial charge in [0.05, 0.1) is 46.8 Å². The molecule has 2 aromatic carbocycles. The van der Waals surface area contributed by atoms with E-state index in [1.165, 1.54) is 6.20 Å². The van der Waals surface area contributed by atoms with Crippen molar-refractivity contribution in [3.63, 3.8) is 0 Å². The number of rotatable bonds is 4. The number of benzene rings is 2. The molecule has 0 saturated carbocycles. The first-order chi connectivity index (χ1) is 18.4. The van der Waals surface area contributed by atoms with Gasteiger partial charge in [0.15, 0.2) is 5.78 Å². The van der Waals surface area contributed by atoms with Gasteiger partial charge in [0.25, 0.3) is 5.91 Å². The first-order valence-corrected chi connectivity index (χ1v) is 12.6. The van der Waals surface area contributed by atoms with Crippen molar-refractivity contribution in [3.05, 3.63) is 77.5 Å². The van der Waals surface area contributed by atoms with E-state index in [9.17, 15) is 14.4 Å². The molecule has 0 bridgehead atoms. The van der Waals surface area contributed by atoms with Crippen LogP contribution in [0.2, 0.25) is 0 Å². The van der Waals surface area contributed by atoms with Crippen molar-refractivity contribution in [1.29, 1.82) is 5.26 Å². The number of likely N-dealkylation sites (tertiary alicyclic amines) is 1. The van der Waals surface area contributed by atoms with Crippen molar-refractivity contribution < 1.29 is 19.1 Å². The lowest BCUT2D eigenvalue weighted by molar-refractivity contribution is -0.00569. The number of nitriles is 1. The average molecular weight is 510 g/mol. The Bertz CT molecular complexity index is 1440. The molecule has 3 aromatic rings. The minimum Gasteiger partial charge on any atom is -0.486 e. The summed E-state index contributed by atoms with van der Waals surface area (Å²) in [6.45, 7) is 3.03. The number of carbonyl (C=O) groups excluding carboxylic acids is 3. The lowest BCUT2D eigenvalue weighted by atomic mass is 9.82. The van der Waals surface area contributed by atoms with E-state index in [-0.39, 0.29) is 18.1 Å². The Labute approximate surface area is 220 Å². The van der Waals surface area contributed by atoms with Crippen LogP contribution in [0, 0.1) is 11.3 Å². The number of hydrogen-bond donors (Lipinski definition) is 2. The third-order valence-electron chi connectivity index (χ3n) is 6.97. The molecule has 5 rings (SSSR count). The minimum atomic E-state index is -0.690. The van der Waals surface area contributed by atoms with E-state index in [2.05, 4.69) is 21.7 Å². The van der Waals surface area contributed by atoms with Crippen molar-refractivity contribution in [2.75, 3.05) is 25.0 Å². The molecule has 1 fully saturated rings. The Morgan fingerprint density at radius 1 is 1.13 bits per heavy atom. The highest BCUT2D eigenvalue weighted by Gasteiger charge is 2.44. The number of hydrogen-bond acceptors (Lipinski definition) is 6. The van der Waals surface area contributed by atoms with Gasteiger partial charge in [-0.3, -0.25) is 14.6 Å². The molecule has 3 amide bonds. The summed E-state index contributed by atoms with van der Waals surface area (Å²) in [4.78, 5) is 45.1. The third-order valence-corrected chi connectivity index (χ3v) is 6.97. The molecule has 2 aliphatic rings. The number of anilines is 1. The molecule has 192 valence electrons. The lowest BCUT2D eigenvalue weighted by Gasteiger charge is -2.44. The summed E-state index contributed by atoms with van der Waals surface area (Å²) in [6, 6.07) is 17.7. The molecule has 1 spiro atoms. The van der Waals surface area contributed by atoms with Crippen LogP contribution in [0.25, 0.3) is 11.3 Å². The number of nitrogens with zero attached hydrogens (tertiary/aromatic N) is 3. The van der Waals surface area contributed by atoms with Gasteiger partial charge in [0.2, 0.25) is 0 Å². The number of ether oxygens (including phenoxy) is 1. The molecule has 0 aliphatic carbocycles. The molecule has 9 heteroatoms. The highest BCUT2D eigenvalue weighted by atomic mass is 16.5. The molecule has 3 heterocycles. The quantitative estimate of drug-likeness (QED) is 0.537. The van der Waals surface area contributed by atoms with Gasteiger partial charge in [-0.2, -0.15) is 5.26 Å². The zero-order chi connectivity index (χ0) is 26.7. The first kappa shape index (κ1) is 25.0. The van der Waals surface area contributed by atoms with Crippen molar-refractivity contribution in [3.8, 4) is 23.1 Å². The number of piperidine rings is 1. The summed E-state index contributed by atoms with van der Waals surface area (Å²) >= 11 is 0. The van der Waals surface area contributed by atoms with Crippen molar-refractivity contribution >= 4 is 23.4 Å². The molecule has 9 nitrogen and oxygen atoms in total. The van der Waals surface area contributed by atoms with Gasteiger partial charge >= 0.3 is 6.03 Å². The summed E-state index contributed by atoms with van der Waals surface area (Å²) < 4.78 is 6.30. The molecule has 2 aliphatic heterocycles. The van der Waals surface area contributed by atoms with Crippen LogP contribution in [0.5, 0.6) is 5.75 Å². The highest BCUT2D eigenvalue weighted by molar-refractivity contribution is 6.04. The molecule has 38 heavy (non-hydrogen) atoms. The van der Waals surface area contributed by atoms with Crippen LogP contribution in [-0.2, 0) is 0 Å². The zero-order valence-corrected chi connectivity index (χ0v) is 21.0. The van der Waals surface area contributed by atoms with Crippen molar-refractivity contribution in [1.82, 2.24) is 15.2 Å². The van der Waals surface area contributed by atoms with E-state index in [4.69, 9.17) is 10.00 Å². The smallest absolute Gasteiger partial charge is 0.319 e. The Kier molecular flexibility index (Phi) is 6.79. The fourth-order valence-electron chi connectivity index (χ4n) is 4.96. The lowest BCUT2D eigenvalue weighted by Crippen LogP contribution is -2.52. The van der Waals surface area contributed by atoms with Gasteiger partial charge in [0.1, 0.15) is 11.4 Å². The number of urea groups is 1. The second-order valence-electron chi connectivity index (χ2n) is 9.47. The number of Topliss-reactive ketones (excluding diaryl/α,β-unsaturated/α-hetero) is 1. The maximum Gasteiger partial charge on any atom is 0.319 e. The van der Waals surface area contributed by atoms with E-state index >= 15 is 0 Å². The van der Waals surface area contributed by atoms with E-state index in [0.29, 0.717) is 66.3 Å². The number of carbonyl (C=O) groups is 3. The SMILES string of the molecule is CCNC(=O)Nc1cnc(-c2ccccc2)cc1C(=O)N1CCC2(CC1)CC(=O)c1cc(C#N)ccc1O2. The summed E-state index contributed by atoms with van der Waals surface area (Å²) in [5.41, 5.74) is 2.31. The second kappa shape index (κ2) is 10.3. The monoisotopic (exact) mass is 509 g/mol. The number of ketones is 1. The Balaban J connectivity index is 1.37. The first-order valence-electron chi connectivity index (χ1n) is 12.6. The summed E-state index contributed by atoms with van der Waals surface area (Å²) in [5, 5.41) is 14.6. The fraction of sp³-hybridized carbons (Fsp3) is 0.276. The molecular formula is C29H27N5O4. The Morgan fingerprint density at radius 2 is 1.89 bits per heavy atom. The van der Waals surface area contributed by atoms with Crippen LogP contribution in [-0.4, -0.2) is 52.8 Å². The largest absolute Gasteiger partial charge is 0.486 e. The van der Waals surface area contributed by atoms with Gasteiger partial charge < -0.3 is 20.3 Å². The molecule has 1 saturated heterocycles. The molecule has 0 atom stereocenters. The van der Waals surface area contributed by atoms with Crippen LogP contribution in [0.15, 0.2) is 60.8 Å². The minimum absolute atomic E-state index is 0.0572. The average Bonchev–Trinajstić information content (AvgIpc) is 2.94. The third kappa shape index (κ3) is 4.93. The maximum absolute atomic E-state index is 13.7. The topological polar surface area (TPSA) is 124 Å². The summed E-state index contributed by atoms with van der Waals surface area (Å²) in [5.74, 6) is 0.195. The summed E-state index contributed by atoms with van der Waals surface area (Å²) in [7, 11) is 0. The number of amides is 3. The fourth-order valence-corrected chi connectivity index (χ4v) is 4.96. The van der Waals surface area contributed by atoms with E-state index in [0.717, 1.165) is 5.56 Å². The number of pyridine rings is 1. The second-order valence-corrected chi connectivity index (χ2v) is 9.47. The molecular weight excluding hydrogens is 482 g/mol. The number of fused-ring (bicyclic) bond motifs is 1. The molecule has 0 unspecified atom stereocenters. The van der Waals surface area contributed by atoms with Gasteiger partial charge in [-0.05, 0) is 31.2 Å². The predicted molar refractivity (Wildman–Crippen MR) is 141 cm³/mol. The van der Waals surface area contributed by atoms with Gasteiger partial charge in [-0.1, -0.05) is 30.3 Å². The van der Waals surface area contributed by atoms with Crippen LogP contribution in [0.4, 0.5) is 10.5 Å². The Morgan fingerprint density at radius 3 is 2.61 bits per heavy atom. The van der Waals surface area contributed by atoms with E-state index < -0.39 is 11.6 Å². The summed E-state index contributed by atoms with van der Waals surface area (Å²) in [6.07, 6.45) is 2.68. The molecule has 2 N–H and O–H groups in total. The van der Waals surface area contributed by atoms with Crippen LogP contribution in [0.1, 0.15) is 52.5 Å². The van der Waals surface area contributed by atoms with Crippen molar-refractivity contribution in [2.45, 2.75) is 31.8 Å². The predicted octanol–water partition coefficient (Wildman–Crippen LogP) is 4.40. The number of aromatic nitrogens is 1. The van der Waals surface area contributed by atoms with E-state index in [1.54, 1.807) is 29.2 Å². The molecule has 1 aromatic heterocycles. The molecule has 0 radical (unpaired) electrons. The number of nitrogens with one attached hydrogen (secondary N) is 2. The van der Waals surface area contributed by atoms with Crippen LogP contribution < -0.4 is 15.4 Å². The standard InChI is InChI=1S/C29H27N5O4/c1-2-31-28(37)33-24-18-32-23(20-6-4-3-5-7-20)15-21(24)27(36)34-12-10-29(11-13-34)16-25(35)22-14-19(17-30)8-9-26(22)38-29/h3-9,14-15,18H,2,10-13,16H2,1H3,(H2,31,33,37). The maximum atomic E-state index is 13.7. The van der Waals surface area contributed by atoms with Gasteiger partial charge in [0, 0.05) is 38.0 Å². The van der Waals surface area contributed by atoms with Crippen LogP contribution in [0.3, 0.4) is 0 Å². The van der Waals surface area contributed by atoms with Gasteiger partial charge in [-0.25, -0.2) is 4.79 Å².